The molecule has 3 atom stereocenters. The van der Waals surface area contributed by atoms with Crippen molar-refractivity contribution in [1.29, 1.82) is 0 Å². The summed E-state index contributed by atoms with van der Waals surface area (Å²) in [5.41, 5.74) is 0. The SMILES string of the molecule is CCC(CC(C)C1CCC(O)CC1)C1CCC(OC(C)OCCSC2CCCCC2)CC1. The molecule has 188 valence electrons. The molecule has 32 heavy (non-hydrogen) atoms. The Hall–Kier alpha value is 0.230. The van der Waals surface area contributed by atoms with Gasteiger partial charge in [-0.15, -0.1) is 0 Å². The Labute approximate surface area is 203 Å². The van der Waals surface area contributed by atoms with Crippen molar-refractivity contribution in [2.75, 3.05) is 12.4 Å². The molecular weight excluding hydrogens is 416 g/mol. The minimum atomic E-state index is -0.0628. The van der Waals surface area contributed by atoms with Crippen LogP contribution in [0.5, 0.6) is 0 Å². The van der Waals surface area contributed by atoms with Crippen LogP contribution < -0.4 is 0 Å². The highest BCUT2D eigenvalue weighted by atomic mass is 32.2. The van der Waals surface area contributed by atoms with Gasteiger partial charge in [-0.2, -0.15) is 11.8 Å². The van der Waals surface area contributed by atoms with E-state index in [0.29, 0.717) is 6.10 Å². The number of rotatable bonds is 12. The molecule has 4 heteroatoms. The topological polar surface area (TPSA) is 38.7 Å². The van der Waals surface area contributed by atoms with Gasteiger partial charge >= 0.3 is 0 Å². The highest BCUT2D eigenvalue weighted by molar-refractivity contribution is 7.99. The van der Waals surface area contributed by atoms with Crippen LogP contribution in [0.2, 0.25) is 0 Å². The van der Waals surface area contributed by atoms with Crippen molar-refractivity contribution >= 4 is 11.8 Å². The van der Waals surface area contributed by atoms with Gasteiger partial charge in [0.1, 0.15) is 0 Å². The highest BCUT2D eigenvalue weighted by Gasteiger charge is 2.31. The average Bonchev–Trinajstić information content (AvgIpc) is 2.82. The molecular formula is C28H52O3S. The molecule has 0 aromatic heterocycles. The minimum Gasteiger partial charge on any atom is -0.393 e. The van der Waals surface area contributed by atoms with Crippen LogP contribution in [0, 0.1) is 23.7 Å². The van der Waals surface area contributed by atoms with E-state index in [1.165, 1.54) is 83.5 Å². The van der Waals surface area contributed by atoms with Crippen LogP contribution in [-0.2, 0) is 9.47 Å². The number of ether oxygens (including phenoxy) is 2. The fourth-order valence-electron chi connectivity index (χ4n) is 6.70. The zero-order chi connectivity index (χ0) is 22.8. The summed E-state index contributed by atoms with van der Waals surface area (Å²) in [6.07, 6.45) is 19.6. The number of thioether (sulfide) groups is 1. The van der Waals surface area contributed by atoms with Crippen LogP contribution in [0.15, 0.2) is 0 Å². The maximum atomic E-state index is 9.82. The molecule has 3 unspecified atom stereocenters. The van der Waals surface area contributed by atoms with E-state index in [9.17, 15) is 5.11 Å². The predicted molar refractivity (Wildman–Crippen MR) is 137 cm³/mol. The van der Waals surface area contributed by atoms with E-state index in [-0.39, 0.29) is 12.4 Å². The van der Waals surface area contributed by atoms with Gasteiger partial charge in [-0.3, -0.25) is 0 Å². The van der Waals surface area contributed by atoms with E-state index in [2.05, 4.69) is 32.5 Å². The van der Waals surface area contributed by atoms with Gasteiger partial charge in [0, 0.05) is 11.0 Å². The molecule has 0 amide bonds. The summed E-state index contributed by atoms with van der Waals surface area (Å²) in [5.74, 6) is 4.49. The molecule has 3 rings (SSSR count). The lowest BCUT2D eigenvalue weighted by Crippen LogP contribution is -2.31. The molecule has 3 aliphatic carbocycles. The Morgan fingerprint density at radius 2 is 1.50 bits per heavy atom. The lowest BCUT2D eigenvalue weighted by atomic mass is 9.70. The summed E-state index contributed by atoms with van der Waals surface area (Å²) in [5, 5.41) is 10.7. The first kappa shape index (κ1) is 26.8. The molecule has 0 bridgehead atoms. The Bertz CT molecular complexity index is 479. The third kappa shape index (κ3) is 9.12. The van der Waals surface area contributed by atoms with Crippen LogP contribution in [0.3, 0.4) is 0 Å². The summed E-state index contributed by atoms with van der Waals surface area (Å²) >= 11 is 2.11. The molecule has 3 aliphatic rings. The summed E-state index contributed by atoms with van der Waals surface area (Å²) in [4.78, 5) is 0. The van der Waals surface area contributed by atoms with Gasteiger partial charge in [-0.25, -0.2) is 0 Å². The van der Waals surface area contributed by atoms with Crippen LogP contribution in [-0.4, -0.2) is 41.2 Å². The molecule has 0 spiro atoms. The molecule has 0 saturated heterocycles. The van der Waals surface area contributed by atoms with Crippen molar-refractivity contribution in [2.24, 2.45) is 23.7 Å². The number of hydrogen-bond donors (Lipinski definition) is 1. The van der Waals surface area contributed by atoms with Crippen molar-refractivity contribution in [3.8, 4) is 0 Å². The van der Waals surface area contributed by atoms with Gasteiger partial charge in [-0.05, 0) is 101 Å². The first-order valence-corrected chi connectivity index (χ1v) is 15.2. The fraction of sp³-hybridized carbons (Fsp3) is 1.00. The van der Waals surface area contributed by atoms with Crippen LogP contribution in [0.25, 0.3) is 0 Å². The van der Waals surface area contributed by atoms with E-state index in [4.69, 9.17) is 9.47 Å². The molecule has 0 aliphatic heterocycles. The molecule has 3 nitrogen and oxygen atoms in total. The molecule has 0 radical (unpaired) electrons. The van der Waals surface area contributed by atoms with Crippen LogP contribution in [0.4, 0.5) is 0 Å². The summed E-state index contributed by atoms with van der Waals surface area (Å²) in [7, 11) is 0. The Morgan fingerprint density at radius 1 is 0.844 bits per heavy atom. The first-order valence-electron chi connectivity index (χ1n) is 14.1. The molecule has 3 fully saturated rings. The summed E-state index contributed by atoms with van der Waals surface area (Å²) in [6, 6.07) is 0. The monoisotopic (exact) mass is 468 g/mol. The number of hydrogen-bond acceptors (Lipinski definition) is 4. The Kier molecular flexibility index (Phi) is 12.2. The van der Waals surface area contributed by atoms with Crippen molar-refractivity contribution in [2.45, 2.75) is 141 Å². The summed E-state index contributed by atoms with van der Waals surface area (Å²) < 4.78 is 12.3. The van der Waals surface area contributed by atoms with Crippen LogP contribution in [0.1, 0.15) is 117 Å². The smallest absolute Gasteiger partial charge is 0.155 e. The van der Waals surface area contributed by atoms with Gasteiger partial charge in [-0.1, -0.05) is 39.5 Å². The molecule has 0 heterocycles. The third-order valence-corrected chi connectivity index (χ3v) is 10.2. The lowest BCUT2D eigenvalue weighted by Gasteiger charge is -2.37. The Balaban J connectivity index is 1.28. The van der Waals surface area contributed by atoms with E-state index in [0.717, 1.165) is 54.1 Å². The van der Waals surface area contributed by atoms with Gasteiger partial charge in [0.2, 0.25) is 0 Å². The van der Waals surface area contributed by atoms with Crippen molar-refractivity contribution < 1.29 is 14.6 Å². The maximum Gasteiger partial charge on any atom is 0.155 e. The molecule has 0 aromatic carbocycles. The fourth-order valence-corrected chi connectivity index (χ4v) is 7.89. The zero-order valence-electron chi connectivity index (χ0n) is 21.3. The number of aliphatic hydroxyl groups excluding tert-OH is 1. The number of aliphatic hydroxyl groups is 1. The van der Waals surface area contributed by atoms with E-state index in [1.807, 2.05) is 0 Å². The van der Waals surface area contributed by atoms with Gasteiger partial charge in [0.15, 0.2) is 6.29 Å². The van der Waals surface area contributed by atoms with Gasteiger partial charge in [0.05, 0.1) is 18.8 Å². The molecule has 3 saturated carbocycles. The molecule has 0 aromatic rings. The van der Waals surface area contributed by atoms with Gasteiger partial charge < -0.3 is 14.6 Å². The Morgan fingerprint density at radius 3 is 2.16 bits per heavy atom. The molecule has 1 N–H and O–H groups in total. The van der Waals surface area contributed by atoms with E-state index >= 15 is 0 Å². The second kappa shape index (κ2) is 14.6. The maximum absolute atomic E-state index is 9.82. The zero-order valence-corrected chi connectivity index (χ0v) is 22.1. The summed E-state index contributed by atoms with van der Waals surface area (Å²) in [6.45, 7) is 7.79. The standard InChI is InChI=1S/C28H52O3S/c1-4-23(20-21(2)24-10-14-26(29)15-11-24)25-12-16-27(17-13-25)31-22(3)30-18-19-32-28-8-6-5-7-9-28/h21-29H,4-20H2,1-3H3. The van der Waals surface area contributed by atoms with Crippen molar-refractivity contribution in [3.63, 3.8) is 0 Å². The minimum absolute atomic E-state index is 0.0299. The lowest BCUT2D eigenvalue weighted by molar-refractivity contribution is -0.166. The average molecular weight is 469 g/mol. The largest absolute Gasteiger partial charge is 0.393 e. The van der Waals surface area contributed by atoms with Gasteiger partial charge in [0.25, 0.3) is 0 Å². The van der Waals surface area contributed by atoms with E-state index in [1.54, 1.807) is 0 Å². The predicted octanol–water partition coefficient (Wildman–Crippen LogP) is 7.59. The highest BCUT2D eigenvalue weighted by Crippen LogP contribution is 2.40. The van der Waals surface area contributed by atoms with E-state index < -0.39 is 0 Å². The van der Waals surface area contributed by atoms with Crippen LogP contribution >= 0.6 is 11.8 Å². The second-order valence-corrected chi connectivity index (χ2v) is 12.6. The normalized spacial score (nSPS) is 33.0. The third-order valence-electron chi connectivity index (χ3n) is 8.86. The second-order valence-electron chi connectivity index (χ2n) is 11.2. The quantitative estimate of drug-likeness (QED) is 0.236. The van der Waals surface area contributed by atoms with Crippen molar-refractivity contribution in [1.82, 2.24) is 0 Å². The first-order chi connectivity index (χ1) is 15.5. The van der Waals surface area contributed by atoms with Crippen molar-refractivity contribution in [3.05, 3.63) is 0 Å².